The molecule has 6 nitrogen and oxygen atoms in total. The number of hydrogen-bond acceptors (Lipinski definition) is 7. The summed E-state index contributed by atoms with van der Waals surface area (Å²) >= 11 is 3.28. The Balaban J connectivity index is 2.06. The molecule has 1 rings (SSSR count). The third kappa shape index (κ3) is 6.45. The Hall–Kier alpha value is -1.28. The number of nitrogens with one attached hydrogen (secondary N) is 2. The van der Waals surface area contributed by atoms with Gasteiger partial charge in [0.1, 0.15) is 0 Å². The Morgan fingerprint density at radius 3 is 3.17 bits per heavy atom. The minimum absolute atomic E-state index is 0.435. The first-order valence-electron chi connectivity index (χ1n) is 5.46. The quantitative estimate of drug-likeness (QED) is 0.408. The second-order valence-corrected chi connectivity index (χ2v) is 5.17. The van der Waals surface area contributed by atoms with Crippen LogP contribution < -0.4 is 10.6 Å². The van der Waals surface area contributed by atoms with E-state index in [2.05, 4.69) is 15.0 Å². The first-order chi connectivity index (χ1) is 8.72. The first-order valence-corrected chi connectivity index (χ1v) is 7.45. The minimum Gasteiger partial charge on any atom is -0.370 e. The molecule has 1 heterocycles. The molecule has 1 aromatic rings. The van der Waals surface area contributed by atoms with E-state index in [4.69, 9.17) is 0 Å². The number of nitro groups is 1. The molecule has 2 N–H and O–H groups in total. The highest BCUT2D eigenvalue weighted by atomic mass is 32.2. The number of hydrogen-bond donors (Lipinski definition) is 2. The second kappa shape index (κ2) is 8.76. The van der Waals surface area contributed by atoms with Gasteiger partial charge in [0.15, 0.2) is 5.82 Å². The fourth-order valence-electron chi connectivity index (χ4n) is 1.19. The van der Waals surface area contributed by atoms with Crippen molar-refractivity contribution in [3.63, 3.8) is 0 Å². The van der Waals surface area contributed by atoms with Gasteiger partial charge in [-0.05, 0) is 29.8 Å². The number of aromatic nitrogens is 1. The van der Waals surface area contributed by atoms with Gasteiger partial charge >= 0.3 is 0 Å². The monoisotopic (exact) mass is 288 g/mol. The van der Waals surface area contributed by atoms with Crippen molar-refractivity contribution < 1.29 is 4.92 Å². The summed E-state index contributed by atoms with van der Waals surface area (Å²) in [5.74, 6) is 2.36. The smallest absolute Gasteiger partial charge is 0.274 e. The third-order valence-corrected chi connectivity index (χ3v) is 3.70. The molecule has 8 heteroatoms. The molecule has 0 bridgehead atoms. The van der Waals surface area contributed by atoms with Gasteiger partial charge in [0.2, 0.25) is 0 Å². The Bertz CT molecular complexity index is 381. The van der Waals surface area contributed by atoms with Gasteiger partial charge in [-0.1, -0.05) is 0 Å². The molecule has 0 atom stereocenters. The van der Waals surface area contributed by atoms with E-state index < -0.39 is 4.92 Å². The van der Waals surface area contributed by atoms with Gasteiger partial charge in [0.25, 0.3) is 6.20 Å². The molecular weight excluding hydrogens is 272 g/mol. The SMILES string of the molecule is CNC(=C[N+](=O)[O-])NCCCSCc1ccsn1. The lowest BCUT2D eigenvalue weighted by Gasteiger charge is -2.07. The van der Waals surface area contributed by atoms with Crippen LogP contribution in [0.5, 0.6) is 0 Å². The van der Waals surface area contributed by atoms with Crippen LogP contribution in [0, 0.1) is 10.1 Å². The summed E-state index contributed by atoms with van der Waals surface area (Å²) in [7, 11) is 1.65. The molecule has 100 valence electrons. The second-order valence-electron chi connectivity index (χ2n) is 3.40. The molecule has 0 saturated heterocycles. The van der Waals surface area contributed by atoms with Crippen LogP contribution in [0.4, 0.5) is 0 Å². The predicted molar refractivity (Wildman–Crippen MR) is 75.0 cm³/mol. The molecule has 0 aromatic carbocycles. The van der Waals surface area contributed by atoms with Crippen LogP contribution in [-0.2, 0) is 5.75 Å². The maximum absolute atomic E-state index is 10.3. The van der Waals surface area contributed by atoms with E-state index in [-0.39, 0.29) is 0 Å². The zero-order valence-electron chi connectivity index (χ0n) is 10.1. The molecule has 18 heavy (non-hydrogen) atoms. The fourth-order valence-corrected chi connectivity index (χ4v) is 2.67. The van der Waals surface area contributed by atoms with E-state index in [1.807, 2.05) is 23.2 Å². The minimum atomic E-state index is -0.476. The van der Waals surface area contributed by atoms with E-state index in [9.17, 15) is 10.1 Å². The lowest BCUT2D eigenvalue weighted by Crippen LogP contribution is -2.25. The largest absolute Gasteiger partial charge is 0.370 e. The molecule has 0 spiro atoms. The van der Waals surface area contributed by atoms with Crippen molar-refractivity contribution in [1.29, 1.82) is 0 Å². The fraction of sp³-hybridized carbons (Fsp3) is 0.500. The van der Waals surface area contributed by atoms with E-state index in [1.165, 1.54) is 11.5 Å². The van der Waals surface area contributed by atoms with E-state index in [1.54, 1.807) is 7.05 Å². The third-order valence-electron chi connectivity index (χ3n) is 2.03. The summed E-state index contributed by atoms with van der Waals surface area (Å²) in [6, 6.07) is 2.02. The maximum atomic E-state index is 10.3. The van der Waals surface area contributed by atoms with Gasteiger partial charge in [-0.3, -0.25) is 10.1 Å². The van der Waals surface area contributed by atoms with Crippen molar-refractivity contribution in [3.05, 3.63) is 39.3 Å². The summed E-state index contributed by atoms with van der Waals surface area (Å²) in [4.78, 5) is 9.80. The average Bonchev–Trinajstić information content (AvgIpc) is 2.84. The van der Waals surface area contributed by atoms with E-state index in [0.29, 0.717) is 12.4 Å². The van der Waals surface area contributed by atoms with Crippen LogP contribution in [0.25, 0.3) is 0 Å². The summed E-state index contributed by atoms with van der Waals surface area (Å²) in [5, 5.41) is 18.0. The number of thioether (sulfide) groups is 1. The predicted octanol–water partition coefficient (Wildman–Crippen LogP) is 1.65. The van der Waals surface area contributed by atoms with Gasteiger partial charge in [0.05, 0.1) is 10.6 Å². The van der Waals surface area contributed by atoms with Crippen molar-refractivity contribution >= 4 is 23.3 Å². The Kier molecular flexibility index (Phi) is 7.19. The summed E-state index contributed by atoms with van der Waals surface area (Å²) in [5.41, 5.74) is 1.11. The van der Waals surface area contributed by atoms with Gasteiger partial charge in [-0.15, -0.1) is 0 Å². The van der Waals surface area contributed by atoms with Crippen LogP contribution in [0.15, 0.2) is 23.5 Å². The summed E-state index contributed by atoms with van der Waals surface area (Å²) in [6.07, 6.45) is 1.88. The molecular formula is C10H16N4O2S2. The van der Waals surface area contributed by atoms with Crippen molar-refractivity contribution in [3.8, 4) is 0 Å². The average molecular weight is 288 g/mol. The van der Waals surface area contributed by atoms with E-state index >= 15 is 0 Å². The Labute approximate surface area is 114 Å². The Morgan fingerprint density at radius 1 is 1.72 bits per heavy atom. The van der Waals surface area contributed by atoms with Crippen molar-refractivity contribution in [2.45, 2.75) is 12.2 Å². The maximum Gasteiger partial charge on any atom is 0.274 e. The zero-order chi connectivity index (χ0) is 13.2. The molecule has 0 fully saturated rings. The highest BCUT2D eigenvalue weighted by molar-refractivity contribution is 7.98. The topological polar surface area (TPSA) is 80.1 Å². The molecule has 0 aliphatic carbocycles. The summed E-state index contributed by atoms with van der Waals surface area (Å²) in [6.45, 7) is 0.713. The molecule has 0 radical (unpaired) electrons. The Morgan fingerprint density at radius 2 is 2.56 bits per heavy atom. The van der Waals surface area contributed by atoms with E-state index in [0.717, 1.165) is 29.8 Å². The van der Waals surface area contributed by atoms with Gasteiger partial charge in [0, 0.05) is 24.7 Å². The standard InChI is InChI=1S/C10H16N4O2S2/c1-11-10(7-14(15)16)12-4-2-5-17-8-9-3-6-18-13-9/h3,6-7,11-12H,2,4-5,8H2,1H3. The zero-order valence-corrected chi connectivity index (χ0v) is 11.7. The van der Waals surface area contributed by atoms with Gasteiger partial charge in [-0.25, -0.2) is 0 Å². The number of rotatable bonds is 9. The summed E-state index contributed by atoms with van der Waals surface area (Å²) < 4.78 is 4.22. The van der Waals surface area contributed by atoms with Crippen LogP contribution in [-0.4, -0.2) is 28.6 Å². The van der Waals surface area contributed by atoms with Crippen molar-refractivity contribution in [1.82, 2.24) is 15.0 Å². The molecule has 0 saturated carbocycles. The van der Waals surface area contributed by atoms with Crippen molar-refractivity contribution in [2.24, 2.45) is 0 Å². The molecule has 0 aliphatic heterocycles. The van der Waals surface area contributed by atoms with Crippen LogP contribution >= 0.6 is 23.3 Å². The van der Waals surface area contributed by atoms with Gasteiger partial charge in [-0.2, -0.15) is 16.1 Å². The lowest BCUT2D eigenvalue weighted by molar-refractivity contribution is -0.404. The van der Waals surface area contributed by atoms with Crippen LogP contribution in [0.2, 0.25) is 0 Å². The normalized spacial score (nSPS) is 11.3. The highest BCUT2D eigenvalue weighted by Gasteiger charge is 1.99. The molecule has 0 aliphatic rings. The number of nitrogens with zero attached hydrogens (tertiary/aromatic N) is 2. The highest BCUT2D eigenvalue weighted by Crippen LogP contribution is 2.12. The van der Waals surface area contributed by atoms with Crippen molar-refractivity contribution in [2.75, 3.05) is 19.3 Å². The van der Waals surface area contributed by atoms with Gasteiger partial charge < -0.3 is 10.6 Å². The lowest BCUT2D eigenvalue weighted by atomic mass is 10.5. The molecule has 0 amide bonds. The van der Waals surface area contributed by atoms with Crippen LogP contribution in [0.1, 0.15) is 12.1 Å². The first kappa shape index (κ1) is 14.8. The van der Waals surface area contributed by atoms with Crippen LogP contribution in [0.3, 0.4) is 0 Å². The molecule has 1 aromatic heterocycles. The molecule has 0 unspecified atom stereocenters.